The molecule has 0 saturated heterocycles. The van der Waals surface area contributed by atoms with Gasteiger partial charge in [-0.2, -0.15) is 0 Å². The number of carboxylic acid groups (broad SMARTS) is 1. The predicted molar refractivity (Wildman–Crippen MR) is 35.3 cm³/mol. The predicted octanol–water partition coefficient (Wildman–Crippen LogP) is -0.361. The Balaban J connectivity index is 2.55. The average Bonchev–Trinajstić information content (AvgIpc) is 2.46. The lowest BCUT2D eigenvalue weighted by atomic mass is 10.4. The van der Waals surface area contributed by atoms with Crippen molar-refractivity contribution < 1.29 is 14.7 Å². The van der Waals surface area contributed by atoms with Crippen LogP contribution in [-0.4, -0.2) is 21.1 Å². The number of nitrogens with two attached hydrogens (primary N) is 1. The number of rotatable bonds is 2. The number of amides is 1. The zero-order chi connectivity index (χ0) is 7.78. The van der Waals surface area contributed by atoms with E-state index in [1.54, 1.807) is 0 Å². The minimum atomic E-state index is -1.37. The topological polar surface area (TPSA) is 80.4 Å². The molecule has 0 heterocycles. The molecule has 1 aliphatic rings. The van der Waals surface area contributed by atoms with Gasteiger partial charge in [-0.05, 0) is 11.8 Å². The van der Waals surface area contributed by atoms with Crippen LogP contribution in [0, 0.1) is 11.8 Å². The van der Waals surface area contributed by atoms with Crippen molar-refractivity contribution >= 4 is 23.0 Å². The van der Waals surface area contributed by atoms with E-state index in [1.165, 1.54) is 0 Å². The Morgan fingerprint density at radius 3 is 2.10 bits per heavy atom. The van der Waals surface area contributed by atoms with Crippen molar-refractivity contribution in [1.82, 2.24) is 0 Å². The summed E-state index contributed by atoms with van der Waals surface area (Å²) in [7, 11) is 0. The smallest absolute Gasteiger partial charge is 0.345 e. The number of thioether (sulfide) groups is 1. The molecule has 0 saturated carbocycles. The molecule has 3 N–H and O–H groups in total. The number of carboxylic acids is 1. The van der Waals surface area contributed by atoms with Crippen LogP contribution in [0.4, 0.5) is 4.79 Å². The number of carbonyl (C=O) groups is 2. The van der Waals surface area contributed by atoms with E-state index in [-0.39, 0.29) is 0 Å². The van der Waals surface area contributed by atoms with Crippen LogP contribution < -0.4 is 5.73 Å². The highest BCUT2D eigenvalue weighted by atomic mass is 32.2. The molecule has 1 amide bonds. The quantitative estimate of drug-likeness (QED) is 0.536. The van der Waals surface area contributed by atoms with Crippen LogP contribution in [0.15, 0.2) is 0 Å². The molecule has 0 aliphatic heterocycles. The maximum Gasteiger partial charge on any atom is 0.345 e. The van der Waals surface area contributed by atoms with E-state index in [1.807, 2.05) is 0 Å². The molecule has 4 nitrogen and oxygen atoms in total. The molecule has 0 aromatic heterocycles. The van der Waals surface area contributed by atoms with E-state index in [0.717, 1.165) is 0 Å². The van der Waals surface area contributed by atoms with Crippen molar-refractivity contribution in [2.75, 3.05) is 0 Å². The summed E-state index contributed by atoms with van der Waals surface area (Å²) in [5.74, 6) is 3.43. The SMILES string of the molecule is NC(=O)SC1(C(=O)O)C#C1. The highest BCUT2D eigenvalue weighted by molar-refractivity contribution is 8.16. The molecule has 10 heavy (non-hydrogen) atoms. The van der Waals surface area contributed by atoms with Gasteiger partial charge in [-0.25, -0.2) is 4.79 Å². The standard InChI is InChI=1S/C5H3NO3S/c6-4(9)10-5(1-2-5)3(7)8/h(H2,6,9)(H,7,8). The summed E-state index contributed by atoms with van der Waals surface area (Å²) in [6.07, 6.45) is 0. The Kier molecular flexibility index (Phi) is 1.34. The summed E-state index contributed by atoms with van der Waals surface area (Å²) in [5.41, 5.74) is 4.74. The highest BCUT2D eigenvalue weighted by Crippen LogP contribution is 2.31. The third kappa shape index (κ3) is 1.06. The summed E-state index contributed by atoms with van der Waals surface area (Å²) >= 11 is 0.493. The average molecular weight is 157 g/mol. The molecule has 0 fully saturated rings. The molecule has 1 aliphatic carbocycles. The van der Waals surface area contributed by atoms with Crippen LogP contribution in [-0.2, 0) is 4.79 Å². The van der Waals surface area contributed by atoms with Gasteiger partial charge in [0.25, 0.3) is 5.24 Å². The van der Waals surface area contributed by atoms with Crippen molar-refractivity contribution in [3.63, 3.8) is 0 Å². The lowest BCUT2D eigenvalue weighted by Gasteiger charge is -2.02. The van der Waals surface area contributed by atoms with Crippen molar-refractivity contribution in [2.45, 2.75) is 4.75 Å². The number of hydrogen-bond donors (Lipinski definition) is 2. The molecule has 5 heteroatoms. The second-order valence-corrected chi connectivity index (χ2v) is 2.88. The first-order chi connectivity index (χ1) is 4.57. The van der Waals surface area contributed by atoms with E-state index >= 15 is 0 Å². The van der Waals surface area contributed by atoms with Gasteiger partial charge in [0, 0.05) is 0 Å². The van der Waals surface area contributed by atoms with Crippen molar-refractivity contribution in [3.8, 4) is 11.8 Å². The zero-order valence-electron chi connectivity index (χ0n) is 4.75. The molecule has 0 radical (unpaired) electrons. The highest BCUT2D eigenvalue weighted by Gasteiger charge is 2.45. The first-order valence-corrected chi connectivity index (χ1v) is 3.15. The van der Waals surface area contributed by atoms with Gasteiger partial charge in [-0.3, -0.25) is 4.79 Å². The minimum absolute atomic E-state index is 0.493. The number of hydrogen-bond acceptors (Lipinski definition) is 3. The Hall–Kier alpha value is -1.15. The van der Waals surface area contributed by atoms with E-state index in [4.69, 9.17) is 10.8 Å². The normalized spacial score (nSPS) is 16.8. The molecule has 0 bridgehead atoms. The number of aliphatic carboxylic acids is 1. The maximum absolute atomic E-state index is 10.3. The van der Waals surface area contributed by atoms with E-state index in [2.05, 4.69) is 11.8 Å². The molecule has 52 valence electrons. The Morgan fingerprint density at radius 2 is 2.00 bits per heavy atom. The zero-order valence-corrected chi connectivity index (χ0v) is 5.57. The lowest BCUT2D eigenvalue weighted by Crippen LogP contribution is -2.25. The monoisotopic (exact) mass is 157 g/mol. The lowest BCUT2D eigenvalue weighted by molar-refractivity contribution is -0.136. The molecule has 0 atom stereocenters. The van der Waals surface area contributed by atoms with Crippen molar-refractivity contribution in [2.24, 2.45) is 5.73 Å². The van der Waals surface area contributed by atoms with Gasteiger partial charge in [0.15, 0.2) is 0 Å². The summed E-state index contributed by atoms with van der Waals surface area (Å²) < 4.78 is -1.37. The second kappa shape index (κ2) is 1.92. The second-order valence-electron chi connectivity index (χ2n) is 1.66. The Morgan fingerprint density at radius 1 is 1.50 bits per heavy atom. The fourth-order valence-electron chi connectivity index (χ4n) is 0.409. The summed E-state index contributed by atoms with van der Waals surface area (Å²) in [5, 5.41) is 7.66. The molecular formula is C5H3NO3S. The molecule has 0 spiro atoms. The van der Waals surface area contributed by atoms with Crippen LogP contribution in [0.2, 0.25) is 0 Å². The fraction of sp³-hybridized carbons (Fsp3) is 0.200. The third-order valence-electron chi connectivity index (χ3n) is 0.907. The first kappa shape index (κ1) is 6.96. The van der Waals surface area contributed by atoms with Crippen molar-refractivity contribution in [1.29, 1.82) is 0 Å². The van der Waals surface area contributed by atoms with Crippen LogP contribution in [0.25, 0.3) is 0 Å². The molecular weight excluding hydrogens is 154 g/mol. The maximum atomic E-state index is 10.3. The van der Waals surface area contributed by atoms with Gasteiger partial charge in [-0.1, -0.05) is 11.8 Å². The number of primary amides is 1. The van der Waals surface area contributed by atoms with Crippen LogP contribution in [0.3, 0.4) is 0 Å². The molecule has 1 rings (SSSR count). The Labute approximate surface area is 60.8 Å². The van der Waals surface area contributed by atoms with Crippen molar-refractivity contribution in [3.05, 3.63) is 0 Å². The molecule has 0 aromatic rings. The van der Waals surface area contributed by atoms with Gasteiger partial charge < -0.3 is 10.8 Å². The van der Waals surface area contributed by atoms with Gasteiger partial charge >= 0.3 is 5.97 Å². The van der Waals surface area contributed by atoms with Gasteiger partial charge in [0.05, 0.1) is 0 Å². The fourth-order valence-corrected chi connectivity index (χ4v) is 0.951. The minimum Gasteiger partial charge on any atom is -0.479 e. The van der Waals surface area contributed by atoms with Gasteiger partial charge in [0.1, 0.15) is 0 Å². The number of carbonyl (C=O) groups excluding carboxylic acids is 1. The third-order valence-corrected chi connectivity index (χ3v) is 1.79. The largest absolute Gasteiger partial charge is 0.479 e. The van der Waals surface area contributed by atoms with Gasteiger partial charge in [0.2, 0.25) is 4.75 Å². The van der Waals surface area contributed by atoms with Crippen LogP contribution in [0.5, 0.6) is 0 Å². The van der Waals surface area contributed by atoms with Crippen LogP contribution in [0.1, 0.15) is 0 Å². The Bertz CT molecular complexity index is 254. The van der Waals surface area contributed by atoms with E-state index < -0.39 is 16.0 Å². The van der Waals surface area contributed by atoms with Gasteiger partial charge in [-0.15, -0.1) is 0 Å². The van der Waals surface area contributed by atoms with Crippen LogP contribution >= 0.6 is 11.8 Å². The molecule has 0 aromatic carbocycles. The summed E-state index contributed by atoms with van der Waals surface area (Å²) in [4.78, 5) is 20.5. The molecule has 0 unspecified atom stereocenters. The first-order valence-electron chi connectivity index (χ1n) is 2.33. The van der Waals surface area contributed by atoms with E-state index in [9.17, 15) is 9.59 Å². The summed E-state index contributed by atoms with van der Waals surface area (Å²) in [6, 6.07) is 0. The summed E-state index contributed by atoms with van der Waals surface area (Å²) in [6.45, 7) is 0. The van der Waals surface area contributed by atoms with E-state index in [0.29, 0.717) is 11.8 Å².